The normalized spacial score (nSPS) is 31.1. The van der Waals surface area contributed by atoms with E-state index in [-0.39, 0.29) is 11.8 Å². The molecule has 3 fully saturated rings. The first-order valence-corrected chi connectivity index (χ1v) is 11.7. The van der Waals surface area contributed by atoms with Crippen LogP contribution >= 0.6 is 0 Å². The minimum absolute atomic E-state index is 0.0239. The summed E-state index contributed by atoms with van der Waals surface area (Å²) in [5.74, 6) is 1.20. The van der Waals surface area contributed by atoms with Crippen molar-refractivity contribution in [2.24, 2.45) is 17.8 Å². The van der Waals surface area contributed by atoms with Crippen molar-refractivity contribution in [3.05, 3.63) is 29.8 Å². The maximum Gasteiger partial charge on any atom is 0.225 e. The molecule has 1 saturated carbocycles. The molecule has 0 aromatic heterocycles. The smallest absolute Gasteiger partial charge is 0.225 e. The van der Waals surface area contributed by atoms with E-state index in [1.54, 1.807) is 12.1 Å². The van der Waals surface area contributed by atoms with Crippen molar-refractivity contribution in [3.8, 4) is 0 Å². The van der Waals surface area contributed by atoms with E-state index in [0.717, 1.165) is 31.6 Å². The van der Waals surface area contributed by atoms with E-state index in [1.807, 2.05) is 12.1 Å². The number of carbonyl (C=O) groups is 1. The number of benzene rings is 1. The maximum atomic E-state index is 12.5. The van der Waals surface area contributed by atoms with Crippen LogP contribution in [0.3, 0.4) is 0 Å². The van der Waals surface area contributed by atoms with Gasteiger partial charge in [0.05, 0.1) is 17.4 Å². The summed E-state index contributed by atoms with van der Waals surface area (Å²) < 4.78 is 28.5. The molecule has 27 heavy (non-hydrogen) atoms. The van der Waals surface area contributed by atoms with Gasteiger partial charge in [0, 0.05) is 38.5 Å². The molecule has 7 heteroatoms. The molecule has 2 heterocycles. The second-order valence-electron chi connectivity index (χ2n) is 8.30. The molecule has 4 rings (SSSR count). The molecule has 1 aromatic carbocycles. The summed E-state index contributed by atoms with van der Waals surface area (Å²) in [6.45, 7) is 4.05. The van der Waals surface area contributed by atoms with Crippen LogP contribution < -0.4 is 5.32 Å². The second-order valence-corrected chi connectivity index (χ2v) is 10.3. The van der Waals surface area contributed by atoms with Crippen molar-refractivity contribution in [2.75, 3.05) is 32.6 Å². The number of hydrogen-bond acceptors (Lipinski definition) is 5. The number of amides is 1. The number of carbonyl (C=O) groups excluding carboxylic acids is 1. The molecular weight excluding hydrogens is 364 g/mol. The average molecular weight is 393 g/mol. The minimum atomic E-state index is -3.15. The lowest BCUT2D eigenvalue weighted by molar-refractivity contribution is -0.126. The molecule has 2 saturated heterocycles. The summed E-state index contributed by atoms with van der Waals surface area (Å²) in [6.07, 6.45) is 4.40. The van der Waals surface area contributed by atoms with E-state index in [2.05, 4.69) is 10.2 Å². The summed E-state index contributed by atoms with van der Waals surface area (Å²) in [6, 6.07) is 7.49. The van der Waals surface area contributed by atoms with E-state index in [9.17, 15) is 13.2 Å². The standard InChI is InChI=1S/C20H28N2O4S/c1-27(24,25)18-6-2-14(3-7-18)10-22-11-15-4-5-16(12-22)19(15)21-20(23)17-8-9-26-13-17/h2-3,6-7,15-17,19H,4-5,8-13H2,1H3,(H,21,23)/t15-,16+,17?,19?. The van der Waals surface area contributed by atoms with Gasteiger partial charge in [-0.15, -0.1) is 0 Å². The third kappa shape index (κ3) is 4.20. The van der Waals surface area contributed by atoms with Gasteiger partial charge in [-0.25, -0.2) is 8.42 Å². The minimum Gasteiger partial charge on any atom is -0.381 e. The molecule has 1 amide bonds. The first-order chi connectivity index (χ1) is 12.9. The lowest BCUT2D eigenvalue weighted by Gasteiger charge is -2.38. The lowest BCUT2D eigenvalue weighted by Crippen LogP contribution is -2.53. The molecular formula is C20H28N2O4S. The van der Waals surface area contributed by atoms with Gasteiger partial charge in [0.15, 0.2) is 9.84 Å². The van der Waals surface area contributed by atoms with Crippen LogP contribution in [0.4, 0.5) is 0 Å². The van der Waals surface area contributed by atoms with Gasteiger partial charge in [-0.1, -0.05) is 12.1 Å². The lowest BCUT2D eigenvalue weighted by atomic mass is 9.91. The molecule has 2 aliphatic heterocycles. The number of rotatable bonds is 5. The first-order valence-electron chi connectivity index (χ1n) is 9.79. The highest BCUT2D eigenvalue weighted by Gasteiger charge is 2.43. The number of likely N-dealkylation sites (tertiary alicyclic amines) is 1. The number of ether oxygens (including phenoxy) is 1. The topological polar surface area (TPSA) is 75.7 Å². The summed E-state index contributed by atoms with van der Waals surface area (Å²) in [7, 11) is -3.15. The number of hydrogen-bond donors (Lipinski definition) is 1. The zero-order chi connectivity index (χ0) is 19.0. The Hall–Kier alpha value is -1.44. The van der Waals surface area contributed by atoms with E-state index >= 15 is 0 Å². The highest BCUT2D eigenvalue weighted by Crippen LogP contribution is 2.37. The number of nitrogens with one attached hydrogen (secondary N) is 1. The highest BCUT2D eigenvalue weighted by molar-refractivity contribution is 7.90. The summed E-state index contributed by atoms with van der Waals surface area (Å²) in [5, 5.41) is 3.32. The van der Waals surface area contributed by atoms with E-state index in [4.69, 9.17) is 4.74 Å². The van der Waals surface area contributed by atoms with Crippen molar-refractivity contribution < 1.29 is 17.9 Å². The molecule has 1 aliphatic carbocycles. The Labute approximate surface area is 161 Å². The Balaban J connectivity index is 1.35. The number of sulfone groups is 1. The Morgan fingerprint density at radius 3 is 2.37 bits per heavy atom. The zero-order valence-electron chi connectivity index (χ0n) is 15.8. The van der Waals surface area contributed by atoms with Crippen LogP contribution in [0.2, 0.25) is 0 Å². The quantitative estimate of drug-likeness (QED) is 0.821. The fraction of sp³-hybridized carbons (Fsp3) is 0.650. The first kappa shape index (κ1) is 18.9. The Morgan fingerprint density at radius 2 is 1.81 bits per heavy atom. The van der Waals surface area contributed by atoms with Crippen LogP contribution in [0.25, 0.3) is 0 Å². The fourth-order valence-corrected chi connectivity index (χ4v) is 5.44. The third-order valence-electron chi connectivity index (χ3n) is 6.28. The van der Waals surface area contributed by atoms with Crippen molar-refractivity contribution in [1.29, 1.82) is 0 Å². The van der Waals surface area contributed by atoms with Crippen LogP contribution in [-0.4, -0.2) is 57.8 Å². The molecule has 1 aromatic rings. The van der Waals surface area contributed by atoms with Gasteiger partial charge in [-0.05, 0) is 48.8 Å². The number of piperidine rings is 1. The van der Waals surface area contributed by atoms with Gasteiger partial charge in [0.25, 0.3) is 0 Å². The van der Waals surface area contributed by atoms with E-state index < -0.39 is 9.84 Å². The SMILES string of the molecule is CS(=O)(=O)c1ccc(CN2C[C@H]3CC[C@@H](C2)C3NC(=O)C2CCOC2)cc1. The van der Waals surface area contributed by atoms with E-state index in [1.165, 1.54) is 19.1 Å². The third-order valence-corrected chi connectivity index (χ3v) is 7.40. The van der Waals surface area contributed by atoms with Crippen LogP contribution in [0.15, 0.2) is 29.2 Å². The van der Waals surface area contributed by atoms with Crippen molar-refractivity contribution in [3.63, 3.8) is 0 Å². The highest BCUT2D eigenvalue weighted by atomic mass is 32.2. The van der Waals surface area contributed by atoms with Crippen LogP contribution in [0.1, 0.15) is 24.8 Å². The van der Waals surface area contributed by atoms with Crippen molar-refractivity contribution in [1.82, 2.24) is 10.2 Å². The molecule has 148 valence electrons. The van der Waals surface area contributed by atoms with Gasteiger partial charge in [0.2, 0.25) is 5.91 Å². The fourth-order valence-electron chi connectivity index (χ4n) is 4.81. The van der Waals surface area contributed by atoms with Gasteiger partial charge >= 0.3 is 0 Å². The largest absolute Gasteiger partial charge is 0.381 e. The van der Waals surface area contributed by atoms with Gasteiger partial charge < -0.3 is 10.1 Å². The molecule has 4 atom stereocenters. The van der Waals surface area contributed by atoms with Crippen LogP contribution in [0, 0.1) is 17.8 Å². The number of fused-ring (bicyclic) bond motifs is 2. The molecule has 2 unspecified atom stereocenters. The number of nitrogens with zero attached hydrogens (tertiary/aromatic N) is 1. The second kappa shape index (κ2) is 7.53. The molecule has 0 radical (unpaired) electrons. The molecule has 1 N–H and O–H groups in total. The maximum absolute atomic E-state index is 12.5. The van der Waals surface area contributed by atoms with Crippen molar-refractivity contribution in [2.45, 2.75) is 36.7 Å². The summed E-state index contributed by atoms with van der Waals surface area (Å²) in [4.78, 5) is 15.3. The van der Waals surface area contributed by atoms with Crippen molar-refractivity contribution >= 4 is 15.7 Å². The van der Waals surface area contributed by atoms with Gasteiger partial charge in [-0.2, -0.15) is 0 Å². The predicted octanol–water partition coefficient (Wildman–Crippen LogP) is 1.45. The summed E-state index contributed by atoms with van der Waals surface area (Å²) >= 11 is 0. The zero-order valence-corrected chi connectivity index (χ0v) is 16.6. The van der Waals surface area contributed by atoms with Gasteiger partial charge in [0.1, 0.15) is 0 Å². The summed E-state index contributed by atoms with van der Waals surface area (Å²) in [5.41, 5.74) is 1.13. The molecule has 2 bridgehead atoms. The van der Waals surface area contributed by atoms with Gasteiger partial charge in [-0.3, -0.25) is 9.69 Å². The average Bonchev–Trinajstić information content (AvgIpc) is 3.22. The van der Waals surface area contributed by atoms with Crippen LogP contribution in [0.5, 0.6) is 0 Å². The monoisotopic (exact) mass is 392 g/mol. The van der Waals surface area contributed by atoms with Crippen LogP contribution in [-0.2, 0) is 25.9 Å². The molecule has 6 nitrogen and oxygen atoms in total. The molecule has 3 aliphatic rings. The molecule has 0 spiro atoms. The Bertz CT molecular complexity index is 773. The Morgan fingerprint density at radius 1 is 1.15 bits per heavy atom. The predicted molar refractivity (Wildman–Crippen MR) is 102 cm³/mol. The van der Waals surface area contributed by atoms with E-state index in [0.29, 0.717) is 36.0 Å². The Kier molecular flexibility index (Phi) is 5.27.